The Bertz CT molecular complexity index is 2210. The molecule has 7 aromatic rings. The maximum atomic E-state index is 10.3. The lowest BCUT2D eigenvalue weighted by molar-refractivity contribution is 1.16. The van der Waals surface area contributed by atoms with Gasteiger partial charge < -0.3 is 9.13 Å². The normalized spacial score (nSPS) is 11.1. The van der Waals surface area contributed by atoms with Crippen molar-refractivity contribution in [3.8, 4) is 29.6 Å². The minimum absolute atomic E-state index is 0.562. The van der Waals surface area contributed by atoms with Crippen LogP contribution in [0, 0.1) is 34.0 Å². The van der Waals surface area contributed by atoms with Gasteiger partial charge in [0.2, 0.25) is 0 Å². The monoisotopic (exact) mass is 483 g/mol. The molecule has 2 aromatic heterocycles. The van der Waals surface area contributed by atoms with Crippen molar-refractivity contribution in [3.05, 3.63) is 120 Å². The molecule has 0 N–H and O–H groups in total. The lowest BCUT2D eigenvalue weighted by Crippen LogP contribution is -2.00. The van der Waals surface area contributed by atoms with Crippen molar-refractivity contribution in [2.24, 2.45) is 0 Å². The molecule has 0 unspecified atom stereocenters. The summed E-state index contributed by atoms with van der Waals surface area (Å²) in [4.78, 5) is 0. The van der Waals surface area contributed by atoms with Gasteiger partial charge in [0.15, 0.2) is 0 Å². The maximum Gasteiger partial charge on any atom is 0.101 e. The highest BCUT2D eigenvalue weighted by Crippen LogP contribution is 2.41. The first-order valence-electron chi connectivity index (χ1n) is 12.1. The molecule has 2 heterocycles. The minimum Gasteiger partial charge on any atom is -0.309 e. The molecule has 38 heavy (non-hydrogen) atoms. The number of rotatable bonds is 2. The molecule has 7 rings (SSSR count). The summed E-state index contributed by atoms with van der Waals surface area (Å²) in [5.41, 5.74) is 7.38. The van der Waals surface area contributed by atoms with Crippen LogP contribution in [0.1, 0.15) is 16.7 Å². The van der Waals surface area contributed by atoms with Crippen LogP contribution in [-0.4, -0.2) is 9.13 Å². The first-order valence-corrected chi connectivity index (χ1v) is 12.1. The van der Waals surface area contributed by atoms with Crippen molar-refractivity contribution in [1.82, 2.24) is 9.13 Å². The van der Waals surface area contributed by atoms with Gasteiger partial charge in [-0.3, -0.25) is 0 Å². The van der Waals surface area contributed by atoms with E-state index in [1.807, 2.05) is 78.9 Å². The van der Waals surface area contributed by atoms with E-state index in [9.17, 15) is 15.8 Å². The number of benzene rings is 5. The van der Waals surface area contributed by atoms with Crippen molar-refractivity contribution in [3.63, 3.8) is 0 Å². The third-order valence-electron chi connectivity index (χ3n) is 7.21. The summed E-state index contributed by atoms with van der Waals surface area (Å²) in [6.45, 7) is 0. The van der Waals surface area contributed by atoms with Gasteiger partial charge in [-0.05, 0) is 66.7 Å². The number of nitrogens with zero attached hydrogens (tertiary/aromatic N) is 5. The molecule has 0 radical (unpaired) electrons. The lowest BCUT2D eigenvalue weighted by Gasteiger charge is -2.13. The van der Waals surface area contributed by atoms with Crippen LogP contribution in [-0.2, 0) is 0 Å². The largest absolute Gasteiger partial charge is 0.309 e. The van der Waals surface area contributed by atoms with Crippen molar-refractivity contribution >= 4 is 43.6 Å². The predicted molar refractivity (Wildman–Crippen MR) is 149 cm³/mol. The van der Waals surface area contributed by atoms with Crippen LogP contribution in [0.3, 0.4) is 0 Å². The molecule has 0 bridgehead atoms. The number of hydrogen-bond acceptors (Lipinski definition) is 3. The summed E-state index contributed by atoms with van der Waals surface area (Å²) in [6, 6.07) is 40.3. The summed E-state index contributed by atoms with van der Waals surface area (Å²) in [5.74, 6) is 0. The molecule has 5 nitrogen and oxygen atoms in total. The number of hydrogen-bond donors (Lipinski definition) is 0. The van der Waals surface area contributed by atoms with Gasteiger partial charge in [0.05, 0.1) is 56.6 Å². The quantitative estimate of drug-likeness (QED) is 0.255. The fourth-order valence-corrected chi connectivity index (χ4v) is 5.61. The van der Waals surface area contributed by atoms with Crippen molar-refractivity contribution in [1.29, 1.82) is 15.8 Å². The third kappa shape index (κ3) is 2.89. The SMILES string of the molecule is N#Cc1ccc(-n2c3ccccc3c3c(-n4c5ccccc5c5cc(C#N)ccc54)c(C#N)ccc32)cc1. The molecule has 0 saturated heterocycles. The van der Waals surface area contributed by atoms with Crippen molar-refractivity contribution in [2.45, 2.75) is 0 Å². The van der Waals surface area contributed by atoms with Gasteiger partial charge in [-0.15, -0.1) is 0 Å². The Balaban J connectivity index is 1.69. The first-order chi connectivity index (χ1) is 18.7. The minimum atomic E-state index is 0.562. The van der Waals surface area contributed by atoms with Gasteiger partial charge in [0.1, 0.15) is 6.07 Å². The maximum absolute atomic E-state index is 10.3. The second-order valence-corrected chi connectivity index (χ2v) is 9.18. The number of fused-ring (bicyclic) bond motifs is 6. The van der Waals surface area contributed by atoms with E-state index in [0.29, 0.717) is 16.7 Å². The van der Waals surface area contributed by atoms with Crippen LogP contribution >= 0.6 is 0 Å². The Labute approximate surface area is 217 Å². The van der Waals surface area contributed by atoms with Gasteiger partial charge >= 0.3 is 0 Å². The molecule has 0 fully saturated rings. The molecule has 0 saturated carbocycles. The second kappa shape index (κ2) is 8.10. The predicted octanol–water partition coefficient (Wildman–Crippen LogP) is 7.50. The van der Waals surface area contributed by atoms with Crippen LogP contribution in [0.15, 0.2) is 103 Å². The standard InChI is InChI=1S/C33H17N5/c34-18-21-9-13-24(14-10-21)37-29-8-4-2-6-26(29)32-31(37)16-12-23(20-36)33(32)38-28-7-3-1-5-25(28)27-17-22(19-35)11-15-30(27)38/h1-17H. The number of aromatic nitrogens is 2. The van der Waals surface area contributed by atoms with Gasteiger partial charge in [0, 0.05) is 27.2 Å². The number of para-hydroxylation sites is 2. The van der Waals surface area contributed by atoms with E-state index in [0.717, 1.165) is 55.0 Å². The van der Waals surface area contributed by atoms with Crippen LogP contribution < -0.4 is 0 Å². The Morgan fingerprint density at radius 3 is 1.79 bits per heavy atom. The highest BCUT2D eigenvalue weighted by atomic mass is 15.0. The average molecular weight is 484 g/mol. The molecule has 174 valence electrons. The Morgan fingerprint density at radius 1 is 0.474 bits per heavy atom. The first kappa shape index (κ1) is 21.5. The Kier molecular flexibility index (Phi) is 4.57. The summed E-state index contributed by atoms with van der Waals surface area (Å²) in [7, 11) is 0. The molecule has 5 aromatic carbocycles. The van der Waals surface area contributed by atoms with Gasteiger partial charge in [-0.25, -0.2) is 0 Å². The number of nitriles is 3. The second-order valence-electron chi connectivity index (χ2n) is 9.18. The van der Waals surface area contributed by atoms with E-state index in [1.165, 1.54) is 0 Å². The van der Waals surface area contributed by atoms with E-state index in [4.69, 9.17) is 0 Å². The van der Waals surface area contributed by atoms with Crippen LogP contribution in [0.2, 0.25) is 0 Å². The smallest absolute Gasteiger partial charge is 0.101 e. The van der Waals surface area contributed by atoms with Gasteiger partial charge in [-0.2, -0.15) is 15.8 Å². The Morgan fingerprint density at radius 2 is 1.08 bits per heavy atom. The topological polar surface area (TPSA) is 81.2 Å². The molecule has 0 atom stereocenters. The van der Waals surface area contributed by atoms with E-state index < -0.39 is 0 Å². The van der Waals surface area contributed by atoms with Gasteiger partial charge in [-0.1, -0.05) is 36.4 Å². The van der Waals surface area contributed by atoms with Crippen molar-refractivity contribution in [2.75, 3.05) is 0 Å². The molecule has 0 aliphatic heterocycles. The molecule has 0 aliphatic rings. The third-order valence-corrected chi connectivity index (χ3v) is 7.21. The zero-order chi connectivity index (χ0) is 25.8. The molecule has 0 aliphatic carbocycles. The van der Waals surface area contributed by atoms with Crippen LogP contribution in [0.25, 0.3) is 55.0 Å². The average Bonchev–Trinajstić information content (AvgIpc) is 3.49. The summed E-state index contributed by atoms with van der Waals surface area (Å²) >= 11 is 0. The van der Waals surface area contributed by atoms with E-state index in [-0.39, 0.29) is 0 Å². The molecular weight excluding hydrogens is 466 g/mol. The highest BCUT2D eigenvalue weighted by molar-refractivity contribution is 6.17. The summed E-state index contributed by atoms with van der Waals surface area (Å²) in [6.07, 6.45) is 0. The van der Waals surface area contributed by atoms with E-state index >= 15 is 0 Å². The highest BCUT2D eigenvalue weighted by Gasteiger charge is 2.22. The zero-order valence-corrected chi connectivity index (χ0v) is 20.1. The summed E-state index contributed by atoms with van der Waals surface area (Å²) in [5, 5.41) is 33.2. The van der Waals surface area contributed by atoms with Crippen molar-refractivity contribution < 1.29 is 0 Å². The summed E-state index contributed by atoms with van der Waals surface area (Å²) < 4.78 is 4.33. The van der Waals surface area contributed by atoms with Gasteiger partial charge in [0.25, 0.3) is 0 Å². The van der Waals surface area contributed by atoms with Crippen LogP contribution in [0.5, 0.6) is 0 Å². The lowest BCUT2D eigenvalue weighted by atomic mass is 10.1. The molecular formula is C33H17N5. The van der Waals surface area contributed by atoms with E-state index in [1.54, 1.807) is 0 Å². The van der Waals surface area contributed by atoms with Crippen LogP contribution in [0.4, 0.5) is 0 Å². The molecule has 5 heteroatoms. The fraction of sp³-hybridized carbons (Fsp3) is 0. The zero-order valence-electron chi connectivity index (χ0n) is 20.1. The Hall–Kier alpha value is -5.83. The molecule has 0 amide bonds. The molecule has 0 spiro atoms. The fourth-order valence-electron chi connectivity index (χ4n) is 5.61. The van der Waals surface area contributed by atoms with E-state index in [2.05, 4.69) is 51.6 Å².